The van der Waals surface area contributed by atoms with Gasteiger partial charge in [-0.3, -0.25) is 0 Å². The Hall–Kier alpha value is -2.36. The molecule has 30 heavy (non-hydrogen) atoms. The van der Waals surface area contributed by atoms with Crippen LogP contribution in [0.25, 0.3) is 0 Å². The minimum atomic E-state index is 0.104. The van der Waals surface area contributed by atoms with Crippen molar-refractivity contribution in [2.24, 2.45) is 0 Å². The second-order valence-corrected chi connectivity index (χ2v) is 8.41. The fourth-order valence-electron chi connectivity index (χ4n) is 4.27. The van der Waals surface area contributed by atoms with Crippen LogP contribution in [-0.2, 0) is 19.3 Å². The van der Waals surface area contributed by atoms with Gasteiger partial charge < -0.3 is 18.9 Å². The molecule has 1 aliphatic rings. The third-order valence-corrected chi connectivity index (χ3v) is 5.61. The molecule has 0 radical (unpaired) electrons. The molecule has 1 aliphatic heterocycles. The molecular formula is C26H36O4. The molecule has 4 nitrogen and oxygen atoms in total. The predicted molar refractivity (Wildman–Crippen MR) is 121 cm³/mol. The molecule has 0 bridgehead atoms. The summed E-state index contributed by atoms with van der Waals surface area (Å²) in [5.41, 5.74) is 5.32. The number of hydrogen-bond acceptors (Lipinski definition) is 4. The van der Waals surface area contributed by atoms with Crippen molar-refractivity contribution in [3.8, 4) is 23.0 Å². The maximum absolute atomic E-state index is 6.21. The van der Waals surface area contributed by atoms with E-state index in [1.165, 1.54) is 22.3 Å². The summed E-state index contributed by atoms with van der Waals surface area (Å²) in [5.74, 6) is 3.82. The SMILES string of the molecule is CCCc1cc2c(cc1C(C)Cc1ccc(OC)c(OC(C)C)c1CCC)OCO2. The summed E-state index contributed by atoms with van der Waals surface area (Å²) in [6.07, 6.45) is 5.24. The lowest BCUT2D eigenvalue weighted by atomic mass is 9.86. The highest BCUT2D eigenvalue weighted by Gasteiger charge is 2.22. The number of benzene rings is 2. The highest BCUT2D eigenvalue weighted by Crippen LogP contribution is 2.41. The van der Waals surface area contributed by atoms with Crippen molar-refractivity contribution in [1.82, 2.24) is 0 Å². The summed E-state index contributed by atoms with van der Waals surface area (Å²) in [4.78, 5) is 0. The average molecular weight is 413 g/mol. The van der Waals surface area contributed by atoms with Crippen LogP contribution in [0.4, 0.5) is 0 Å². The van der Waals surface area contributed by atoms with Crippen LogP contribution in [0, 0.1) is 0 Å². The van der Waals surface area contributed by atoms with Gasteiger partial charge in [0, 0.05) is 5.56 Å². The molecule has 0 aliphatic carbocycles. The van der Waals surface area contributed by atoms with Gasteiger partial charge >= 0.3 is 0 Å². The van der Waals surface area contributed by atoms with Gasteiger partial charge in [-0.25, -0.2) is 0 Å². The average Bonchev–Trinajstić information content (AvgIpc) is 3.17. The van der Waals surface area contributed by atoms with Gasteiger partial charge in [0.15, 0.2) is 23.0 Å². The van der Waals surface area contributed by atoms with Crippen LogP contribution in [0.15, 0.2) is 24.3 Å². The molecule has 0 fully saturated rings. The van der Waals surface area contributed by atoms with Crippen LogP contribution in [0.5, 0.6) is 23.0 Å². The van der Waals surface area contributed by atoms with Crippen molar-refractivity contribution in [1.29, 1.82) is 0 Å². The van der Waals surface area contributed by atoms with Gasteiger partial charge in [-0.15, -0.1) is 0 Å². The smallest absolute Gasteiger partial charge is 0.231 e. The fraction of sp³-hybridized carbons (Fsp3) is 0.538. The van der Waals surface area contributed by atoms with E-state index < -0.39 is 0 Å². The second kappa shape index (κ2) is 10.1. The van der Waals surface area contributed by atoms with E-state index in [0.29, 0.717) is 12.7 Å². The van der Waals surface area contributed by atoms with E-state index in [4.69, 9.17) is 18.9 Å². The summed E-state index contributed by atoms with van der Waals surface area (Å²) in [6.45, 7) is 11.2. The Balaban J connectivity index is 1.97. The Kier molecular flexibility index (Phi) is 7.52. The molecule has 0 saturated heterocycles. The Labute approximate surface area is 181 Å². The minimum Gasteiger partial charge on any atom is -0.493 e. The van der Waals surface area contributed by atoms with Crippen LogP contribution >= 0.6 is 0 Å². The maximum Gasteiger partial charge on any atom is 0.231 e. The molecular weight excluding hydrogens is 376 g/mol. The number of rotatable bonds is 10. The van der Waals surface area contributed by atoms with E-state index in [-0.39, 0.29) is 6.10 Å². The van der Waals surface area contributed by atoms with E-state index >= 15 is 0 Å². The highest BCUT2D eigenvalue weighted by atomic mass is 16.7. The topological polar surface area (TPSA) is 36.9 Å². The summed E-state index contributed by atoms with van der Waals surface area (Å²) in [7, 11) is 1.71. The van der Waals surface area contributed by atoms with Crippen LogP contribution < -0.4 is 18.9 Å². The zero-order valence-electron chi connectivity index (χ0n) is 19.3. The predicted octanol–water partition coefficient (Wildman–Crippen LogP) is 6.46. The summed E-state index contributed by atoms with van der Waals surface area (Å²) in [6, 6.07) is 8.62. The lowest BCUT2D eigenvalue weighted by molar-refractivity contribution is 0.174. The molecule has 1 heterocycles. The van der Waals surface area contributed by atoms with Crippen LogP contribution in [0.1, 0.15) is 75.6 Å². The molecule has 0 spiro atoms. The number of ether oxygens (including phenoxy) is 4. The molecule has 164 valence electrons. The first kappa shape index (κ1) is 22.3. The Morgan fingerprint density at radius 2 is 1.63 bits per heavy atom. The molecule has 2 aromatic rings. The lowest BCUT2D eigenvalue weighted by Crippen LogP contribution is -2.12. The van der Waals surface area contributed by atoms with E-state index in [9.17, 15) is 0 Å². The maximum atomic E-state index is 6.21. The summed E-state index contributed by atoms with van der Waals surface area (Å²) in [5, 5.41) is 0. The number of methoxy groups -OCH3 is 1. The molecule has 3 rings (SSSR count). The molecule has 1 atom stereocenters. The number of aryl methyl sites for hydroxylation is 1. The van der Waals surface area contributed by atoms with Crippen LogP contribution in [0.3, 0.4) is 0 Å². The van der Waals surface area contributed by atoms with Gasteiger partial charge in [0.25, 0.3) is 0 Å². The minimum absolute atomic E-state index is 0.104. The van der Waals surface area contributed by atoms with Crippen molar-refractivity contribution in [3.63, 3.8) is 0 Å². The van der Waals surface area contributed by atoms with Gasteiger partial charge in [0.1, 0.15) is 0 Å². The van der Waals surface area contributed by atoms with Gasteiger partial charge in [-0.2, -0.15) is 0 Å². The van der Waals surface area contributed by atoms with Crippen molar-refractivity contribution >= 4 is 0 Å². The molecule has 2 aromatic carbocycles. The number of fused-ring (bicyclic) bond motifs is 1. The zero-order valence-corrected chi connectivity index (χ0v) is 19.3. The van der Waals surface area contributed by atoms with Gasteiger partial charge in [-0.05, 0) is 73.9 Å². The molecule has 0 amide bonds. The molecule has 4 heteroatoms. The molecule has 0 saturated carbocycles. The van der Waals surface area contributed by atoms with Crippen molar-refractivity contribution in [2.75, 3.05) is 13.9 Å². The van der Waals surface area contributed by atoms with Gasteiger partial charge in [-0.1, -0.05) is 39.7 Å². The Bertz CT molecular complexity index is 857. The van der Waals surface area contributed by atoms with Crippen molar-refractivity contribution < 1.29 is 18.9 Å². The Morgan fingerprint density at radius 1 is 0.933 bits per heavy atom. The van der Waals surface area contributed by atoms with Crippen molar-refractivity contribution in [2.45, 2.75) is 78.7 Å². The van der Waals surface area contributed by atoms with E-state index in [2.05, 4.69) is 52.8 Å². The summed E-state index contributed by atoms with van der Waals surface area (Å²) >= 11 is 0. The monoisotopic (exact) mass is 412 g/mol. The zero-order chi connectivity index (χ0) is 21.7. The third-order valence-electron chi connectivity index (χ3n) is 5.61. The molecule has 1 unspecified atom stereocenters. The van der Waals surface area contributed by atoms with Crippen LogP contribution in [0.2, 0.25) is 0 Å². The largest absolute Gasteiger partial charge is 0.493 e. The molecule has 0 aromatic heterocycles. The van der Waals surface area contributed by atoms with Gasteiger partial charge in [0.2, 0.25) is 6.79 Å². The van der Waals surface area contributed by atoms with Crippen LogP contribution in [-0.4, -0.2) is 20.0 Å². The second-order valence-electron chi connectivity index (χ2n) is 8.41. The van der Waals surface area contributed by atoms with Gasteiger partial charge in [0.05, 0.1) is 13.2 Å². The van der Waals surface area contributed by atoms with Crippen molar-refractivity contribution in [3.05, 3.63) is 46.5 Å². The first-order valence-electron chi connectivity index (χ1n) is 11.3. The fourth-order valence-corrected chi connectivity index (χ4v) is 4.27. The normalized spacial score (nSPS) is 13.6. The summed E-state index contributed by atoms with van der Waals surface area (Å²) < 4.78 is 23.1. The highest BCUT2D eigenvalue weighted by molar-refractivity contribution is 5.53. The molecule has 0 N–H and O–H groups in total. The first-order valence-corrected chi connectivity index (χ1v) is 11.3. The quantitative estimate of drug-likeness (QED) is 0.449. The third kappa shape index (κ3) is 4.85. The Morgan fingerprint density at radius 3 is 2.27 bits per heavy atom. The van der Waals surface area contributed by atoms with E-state index in [1.807, 2.05) is 6.07 Å². The van der Waals surface area contributed by atoms with E-state index in [1.54, 1.807) is 7.11 Å². The number of hydrogen-bond donors (Lipinski definition) is 0. The first-order chi connectivity index (χ1) is 14.5. The van der Waals surface area contributed by atoms with E-state index in [0.717, 1.165) is 55.1 Å². The standard InChI is InChI=1S/C26H36O4/c1-7-9-19-14-24-25(29-16-28-24)15-22(19)18(5)13-20-11-12-23(27-6)26(30-17(3)4)21(20)10-8-2/h11-12,14-15,17-18H,7-10,13,16H2,1-6H3. The lowest BCUT2D eigenvalue weighted by Gasteiger charge is -2.23.